The van der Waals surface area contributed by atoms with Gasteiger partial charge in [0, 0.05) is 13.0 Å². The number of hydrogen-bond acceptors (Lipinski definition) is 1. The van der Waals surface area contributed by atoms with Gasteiger partial charge in [-0.25, -0.2) is 0 Å². The molecule has 0 saturated carbocycles. The SMILES string of the molecule is O=C(CCC(F)(F)F)NCC(Br)c1ccccc1. The summed E-state index contributed by atoms with van der Waals surface area (Å²) in [5.41, 5.74) is 0.966. The van der Waals surface area contributed by atoms with E-state index in [1.807, 2.05) is 30.3 Å². The van der Waals surface area contributed by atoms with Gasteiger partial charge in [0.25, 0.3) is 0 Å². The Hall–Kier alpha value is -1.04. The van der Waals surface area contributed by atoms with Crippen LogP contribution in [0.15, 0.2) is 30.3 Å². The molecule has 1 amide bonds. The van der Waals surface area contributed by atoms with Gasteiger partial charge in [0.1, 0.15) is 0 Å². The van der Waals surface area contributed by atoms with Crippen LogP contribution in [0, 0.1) is 0 Å². The van der Waals surface area contributed by atoms with Crippen molar-refractivity contribution in [1.29, 1.82) is 0 Å². The third kappa shape index (κ3) is 6.05. The Labute approximate surface area is 112 Å². The highest BCUT2D eigenvalue weighted by molar-refractivity contribution is 9.09. The van der Waals surface area contributed by atoms with Gasteiger partial charge >= 0.3 is 6.18 Å². The predicted octanol–water partition coefficient (Wildman–Crippen LogP) is 3.58. The minimum absolute atomic E-state index is 0.103. The summed E-state index contributed by atoms with van der Waals surface area (Å²) in [5.74, 6) is -0.590. The fourth-order valence-electron chi connectivity index (χ4n) is 1.33. The summed E-state index contributed by atoms with van der Waals surface area (Å²) in [6, 6.07) is 9.33. The second-order valence-corrected chi connectivity index (χ2v) is 4.90. The largest absolute Gasteiger partial charge is 0.389 e. The Morgan fingerprint density at radius 3 is 2.44 bits per heavy atom. The first kappa shape index (κ1) is 15.0. The number of rotatable bonds is 5. The molecule has 0 aliphatic carbocycles. The fraction of sp³-hybridized carbons (Fsp3) is 0.417. The summed E-state index contributed by atoms with van der Waals surface area (Å²) in [6.45, 7) is 0.265. The van der Waals surface area contributed by atoms with E-state index in [9.17, 15) is 18.0 Å². The van der Waals surface area contributed by atoms with E-state index in [2.05, 4.69) is 21.2 Å². The van der Waals surface area contributed by atoms with E-state index in [4.69, 9.17) is 0 Å². The van der Waals surface area contributed by atoms with Crippen LogP contribution in [0.2, 0.25) is 0 Å². The molecule has 0 aromatic heterocycles. The Balaban J connectivity index is 2.31. The third-order valence-electron chi connectivity index (χ3n) is 2.28. The van der Waals surface area contributed by atoms with E-state index in [0.29, 0.717) is 0 Å². The fourth-order valence-corrected chi connectivity index (χ4v) is 1.79. The number of benzene rings is 1. The molecule has 0 aliphatic rings. The van der Waals surface area contributed by atoms with Crippen molar-refractivity contribution in [3.63, 3.8) is 0 Å². The first-order valence-corrected chi connectivity index (χ1v) is 6.32. The molecular formula is C12H13BrF3NO. The van der Waals surface area contributed by atoms with Crippen LogP contribution in [-0.4, -0.2) is 18.6 Å². The van der Waals surface area contributed by atoms with E-state index < -0.39 is 24.9 Å². The van der Waals surface area contributed by atoms with Crippen LogP contribution >= 0.6 is 15.9 Å². The topological polar surface area (TPSA) is 29.1 Å². The highest BCUT2D eigenvalue weighted by Gasteiger charge is 2.27. The molecule has 1 aromatic rings. The summed E-state index contributed by atoms with van der Waals surface area (Å²) in [6.07, 6.45) is -5.90. The van der Waals surface area contributed by atoms with Crippen LogP contribution in [-0.2, 0) is 4.79 Å². The van der Waals surface area contributed by atoms with E-state index in [1.165, 1.54) is 0 Å². The van der Waals surface area contributed by atoms with Crippen LogP contribution in [0.4, 0.5) is 13.2 Å². The molecule has 6 heteroatoms. The number of carbonyl (C=O) groups is 1. The maximum absolute atomic E-state index is 11.9. The van der Waals surface area contributed by atoms with E-state index in [-0.39, 0.29) is 11.4 Å². The number of halogens is 4. The van der Waals surface area contributed by atoms with Crippen molar-refractivity contribution in [2.45, 2.75) is 23.8 Å². The summed E-state index contributed by atoms with van der Waals surface area (Å²) in [5, 5.41) is 2.47. The lowest BCUT2D eigenvalue weighted by atomic mass is 10.1. The van der Waals surface area contributed by atoms with Crippen LogP contribution in [0.25, 0.3) is 0 Å². The van der Waals surface area contributed by atoms with Crippen molar-refractivity contribution in [3.05, 3.63) is 35.9 Å². The smallest absolute Gasteiger partial charge is 0.355 e. The molecule has 0 fully saturated rings. The van der Waals surface area contributed by atoms with Crippen molar-refractivity contribution in [3.8, 4) is 0 Å². The Morgan fingerprint density at radius 2 is 1.89 bits per heavy atom. The minimum Gasteiger partial charge on any atom is -0.355 e. The Morgan fingerprint density at radius 1 is 1.28 bits per heavy atom. The van der Waals surface area contributed by atoms with Crippen molar-refractivity contribution in [2.24, 2.45) is 0 Å². The van der Waals surface area contributed by atoms with Crippen LogP contribution in [0.3, 0.4) is 0 Å². The Bertz CT molecular complexity index is 381. The van der Waals surface area contributed by atoms with Gasteiger partial charge in [-0.1, -0.05) is 46.3 Å². The third-order valence-corrected chi connectivity index (χ3v) is 3.13. The standard InChI is InChI=1S/C12H13BrF3NO/c13-10(9-4-2-1-3-5-9)8-17-11(18)6-7-12(14,15)16/h1-5,10H,6-8H2,(H,17,18). The van der Waals surface area contributed by atoms with E-state index in [0.717, 1.165) is 5.56 Å². The lowest BCUT2D eigenvalue weighted by Crippen LogP contribution is -2.27. The van der Waals surface area contributed by atoms with Gasteiger partial charge in [0.15, 0.2) is 0 Å². The lowest BCUT2D eigenvalue weighted by molar-refractivity contribution is -0.144. The molecule has 0 aliphatic heterocycles. The summed E-state index contributed by atoms with van der Waals surface area (Å²) in [4.78, 5) is 11.1. The van der Waals surface area contributed by atoms with Crippen LogP contribution in [0.1, 0.15) is 23.2 Å². The monoisotopic (exact) mass is 323 g/mol. The van der Waals surface area contributed by atoms with E-state index in [1.54, 1.807) is 0 Å². The average Bonchev–Trinajstić information content (AvgIpc) is 2.33. The number of carbonyl (C=O) groups excluding carboxylic acids is 1. The molecule has 0 spiro atoms. The van der Waals surface area contributed by atoms with Gasteiger partial charge in [-0.2, -0.15) is 13.2 Å². The predicted molar refractivity (Wildman–Crippen MR) is 66.4 cm³/mol. The van der Waals surface area contributed by atoms with Crippen LogP contribution < -0.4 is 5.32 Å². The van der Waals surface area contributed by atoms with Gasteiger partial charge in [0.05, 0.1) is 11.2 Å². The molecule has 0 radical (unpaired) electrons. The molecule has 18 heavy (non-hydrogen) atoms. The summed E-state index contributed by atoms with van der Waals surface area (Å²) >= 11 is 3.37. The molecule has 1 unspecified atom stereocenters. The van der Waals surface area contributed by atoms with Crippen molar-refractivity contribution in [1.82, 2.24) is 5.32 Å². The first-order valence-electron chi connectivity index (χ1n) is 5.41. The first-order chi connectivity index (χ1) is 8.38. The number of hydrogen-bond donors (Lipinski definition) is 1. The normalized spacial score (nSPS) is 13.1. The van der Waals surface area contributed by atoms with Gasteiger partial charge in [-0.15, -0.1) is 0 Å². The number of alkyl halides is 4. The van der Waals surface area contributed by atoms with E-state index >= 15 is 0 Å². The zero-order chi connectivity index (χ0) is 13.6. The molecule has 0 bridgehead atoms. The lowest BCUT2D eigenvalue weighted by Gasteiger charge is -2.12. The van der Waals surface area contributed by atoms with Gasteiger partial charge in [0.2, 0.25) is 5.91 Å². The highest BCUT2D eigenvalue weighted by Crippen LogP contribution is 2.22. The van der Waals surface area contributed by atoms with Gasteiger partial charge < -0.3 is 5.32 Å². The maximum atomic E-state index is 11.9. The van der Waals surface area contributed by atoms with Crippen LogP contribution in [0.5, 0.6) is 0 Å². The van der Waals surface area contributed by atoms with Crippen molar-refractivity contribution < 1.29 is 18.0 Å². The molecule has 0 saturated heterocycles. The molecule has 1 N–H and O–H groups in total. The second-order valence-electron chi connectivity index (χ2n) is 3.80. The van der Waals surface area contributed by atoms with Crippen molar-refractivity contribution in [2.75, 3.05) is 6.54 Å². The molecule has 100 valence electrons. The van der Waals surface area contributed by atoms with Gasteiger partial charge in [-0.3, -0.25) is 4.79 Å². The average molecular weight is 324 g/mol. The zero-order valence-corrected chi connectivity index (χ0v) is 11.1. The zero-order valence-electron chi connectivity index (χ0n) is 9.51. The number of amides is 1. The summed E-state index contributed by atoms with van der Waals surface area (Å²) < 4.78 is 35.7. The molecule has 1 aromatic carbocycles. The minimum atomic E-state index is -4.29. The number of nitrogens with one attached hydrogen (secondary N) is 1. The molecule has 1 rings (SSSR count). The summed E-state index contributed by atoms with van der Waals surface area (Å²) in [7, 11) is 0. The molecular weight excluding hydrogens is 311 g/mol. The molecule has 0 heterocycles. The molecule has 2 nitrogen and oxygen atoms in total. The quantitative estimate of drug-likeness (QED) is 0.824. The maximum Gasteiger partial charge on any atom is 0.389 e. The van der Waals surface area contributed by atoms with Crippen molar-refractivity contribution >= 4 is 21.8 Å². The highest BCUT2D eigenvalue weighted by atomic mass is 79.9. The Kier molecular flexibility index (Phi) is 5.65. The van der Waals surface area contributed by atoms with Gasteiger partial charge in [-0.05, 0) is 5.56 Å². The molecule has 1 atom stereocenters. The second kappa shape index (κ2) is 6.78.